The van der Waals surface area contributed by atoms with Crippen molar-refractivity contribution in [2.24, 2.45) is 0 Å². The van der Waals surface area contributed by atoms with E-state index in [2.05, 4.69) is 0 Å². The monoisotopic (exact) mass is 310 g/mol. The van der Waals surface area contributed by atoms with Crippen molar-refractivity contribution < 1.29 is 13.5 Å². The van der Waals surface area contributed by atoms with Crippen molar-refractivity contribution in [1.82, 2.24) is 0 Å². The first-order valence-corrected chi connectivity index (χ1v) is 8.36. The van der Waals surface area contributed by atoms with Gasteiger partial charge in [-0.05, 0) is 29.3 Å². The average molecular weight is 311 g/mol. The van der Waals surface area contributed by atoms with Crippen LogP contribution >= 0.6 is 11.6 Å². The van der Waals surface area contributed by atoms with Gasteiger partial charge in [0.05, 0.1) is 11.0 Å². The minimum Gasteiger partial charge on any atom is -0.388 e. The van der Waals surface area contributed by atoms with E-state index in [-0.39, 0.29) is 4.90 Å². The molecule has 1 unspecified atom stereocenters. The number of aliphatic hydroxyl groups excluding tert-OH is 1. The Kier molecular flexibility index (Phi) is 4.48. The summed E-state index contributed by atoms with van der Waals surface area (Å²) in [6.07, 6.45) is 0.823. The Morgan fingerprint density at radius 2 is 1.70 bits per heavy atom. The van der Waals surface area contributed by atoms with E-state index in [1.54, 1.807) is 18.2 Å². The molecule has 0 fully saturated rings. The molecular weight excluding hydrogens is 296 g/mol. The van der Waals surface area contributed by atoms with Gasteiger partial charge in [0.1, 0.15) is 0 Å². The number of hydrogen-bond acceptors (Lipinski definition) is 3. The molecule has 0 aromatic heterocycles. The number of benzene rings is 2. The van der Waals surface area contributed by atoms with Crippen LogP contribution in [0.15, 0.2) is 53.4 Å². The van der Waals surface area contributed by atoms with E-state index in [0.717, 1.165) is 11.8 Å². The van der Waals surface area contributed by atoms with Crippen molar-refractivity contribution >= 4 is 21.4 Å². The van der Waals surface area contributed by atoms with Gasteiger partial charge in [-0.25, -0.2) is 8.42 Å². The molecule has 2 aromatic carbocycles. The van der Waals surface area contributed by atoms with Crippen molar-refractivity contribution in [2.75, 3.05) is 6.26 Å². The maximum absolute atomic E-state index is 11.4. The van der Waals surface area contributed by atoms with Gasteiger partial charge in [-0.2, -0.15) is 0 Å². The molecule has 0 saturated carbocycles. The Hall–Kier alpha value is -1.36. The van der Waals surface area contributed by atoms with Gasteiger partial charge in [0.15, 0.2) is 9.84 Å². The molecule has 0 saturated heterocycles. The quantitative estimate of drug-likeness (QED) is 0.944. The third-order valence-electron chi connectivity index (χ3n) is 3.06. The summed E-state index contributed by atoms with van der Waals surface area (Å²) in [6.45, 7) is 0. The molecule has 20 heavy (non-hydrogen) atoms. The normalized spacial score (nSPS) is 13.2. The van der Waals surface area contributed by atoms with Crippen LogP contribution < -0.4 is 0 Å². The third kappa shape index (κ3) is 3.60. The lowest BCUT2D eigenvalue weighted by Gasteiger charge is -2.12. The maximum Gasteiger partial charge on any atom is 0.175 e. The van der Waals surface area contributed by atoms with E-state index >= 15 is 0 Å². The molecule has 0 amide bonds. The van der Waals surface area contributed by atoms with Gasteiger partial charge >= 0.3 is 0 Å². The van der Waals surface area contributed by atoms with Crippen LogP contribution in [0.2, 0.25) is 5.02 Å². The van der Waals surface area contributed by atoms with E-state index in [9.17, 15) is 13.5 Å². The second-order valence-corrected chi connectivity index (χ2v) is 7.08. The number of aliphatic hydroxyl groups is 1. The van der Waals surface area contributed by atoms with Gasteiger partial charge in [0, 0.05) is 17.7 Å². The second-order valence-electron chi connectivity index (χ2n) is 4.65. The van der Waals surface area contributed by atoms with Crippen LogP contribution in [0, 0.1) is 0 Å². The Labute approximate surface area is 123 Å². The second kappa shape index (κ2) is 5.95. The molecule has 0 heterocycles. The summed E-state index contributed by atoms with van der Waals surface area (Å²) < 4.78 is 22.7. The lowest BCUT2D eigenvalue weighted by molar-refractivity contribution is 0.178. The number of halogens is 1. The molecule has 1 atom stereocenters. The molecule has 0 aliphatic heterocycles. The summed E-state index contributed by atoms with van der Waals surface area (Å²) in [4.78, 5) is 0.242. The zero-order valence-electron chi connectivity index (χ0n) is 11.0. The van der Waals surface area contributed by atoms with Crippen LogP contribution in [0.4, 0.5) is 0 Å². The van der Waals surface area contributed by atoms with Crippen molar-refractivity contribution in [3.63, 3.8) is 0 Å². The first-order valence-electron chi connectivity index (χ1n) is 6.09. The van der Waals surface area contributed by atoms with Crippen LogP contribution in [0.3, 0.4) is 0 Å². The lowest BCUT2D eigenvalue weighted by Crippen LogP contribution is -2.03. The summed E-state index contributed by atoms with van der Waals surface area (Å²) in [5, 5.41) is 10.8. The largest absolute Gasteiger partial charge is 0.388 e. The van der Waals surface area contributed by atoms with Crippen molar-refractivity contribution in [2.45, 2.75) is 17.4 Å². The summed E-state index contributed by atoms with van der Waals surface area (Å²) in [5.74, 6) is 0. The first kappa shape index (κ1) is 15.0. The molecule has 2 rings (SSSR count). The fourth-order valence-electron chi connectivity index (χ4n) is 1.93. The predicted octanol–water partition coefficient (Wildman–Crippen LogP) is 3.02. The van der Waals surface area contributed by atoms with Gasteiger partial charge < -0.3 is 5.11 Å². The molecule has 106 valence electrons. The Morgan fingerprint density at radius 1 is 1.10 bits per heavy atom. The topological polar surface area (TPSA) is 54.4 Å². The molecule has 0 bridgehead atoms. The Bertz CT molecular complexity index is 693. The van der Waals surface area contributed by atoms with Gasteiger partial charge in [0.2, 0.25) is 0 Å². The van der Waals surface area contributed by atoms with Gasteiger partial charge in [-0.15, -0.1) is 0 Å². The van der Waals surface area contributed by atoms with Crippen molar-refractivity contribution in [3.8, 4) is 0 Å². The highest BCUT2D eigenvalue weighted by molar-refractivity contribution is 7.90. The molecule has 3 nitrogen and oxygen atoms in total. The molecule has 1 N–H and O–H groups in total. The van der Waals surface area contributed by atoms with Gasteiger partial charge in [0.25, 0.3) is 0 Å². The first-order chi connectivity index (χ1) is 9.38. The number of hydrogen-bond donors (Lipinski definition) is 1. The molecule has 5 heteroatoms. The number of sulfone groups is 1. The maximum atomic E-state index is 11.4. The average Bonchev–Trinajstić information content (AvgIpc) is 2.40. The van der Waals surface area contributed by atoms with Crippen molar-refractivity contribution in [3.05, 3.63) is 64.7 Å². The zero-order chi connectivity index (χ0) is 14.8. The lowest BCUT2D eigenvalue weighted by atomic mass is 10.0. The summed E-state index contributed by atoms with van der Waals surface area (Å²) in [7, 11) is -3.21. The number of rotatable bonds is 4. The fourth-order valence-corrected chi connectivity index (χ4v) is 2.77. The molecule has 2 aromatic rings. The van der Waals surface area contributed by atoms with E-state index in [1.807, 2.05) is 18.2 Å². The third-order valence-corrected chi connectivity index (χ3v) is 4.56. The molecular formula is C15H15ClO3S. The molecule has 0 aliphatic rings. The highest BCUT2D eigenvalue weighted by Crippen LogP contribution is 2.24. The molecule has 0 spiro atoms. The van der Waals surface area contributed by atoms with Gasteiger partial charge in [-0.1, -0.05) is 41.9 Å². The molecule has 0 aliphatic carbocycles. The smallest absolute Gasteiger partial charge is 0.175 e. The summed E-state index contributed by atoms with van der Waals surface area (Å²) in [6, 6.07) is 13.6. The Balaban J connectivity index is 2.18. The zero-order valence-corrected chi connectivity index (χ0v) is 12.5. The Morgan fingerprint density at radius 3 is 2.25 bits per heavy atom. The minimum atomic E-state index is -3.21. The van der Waals surface area contributed by atoms with Gasteiger partial charge in [-0.3, -0.25) is 0 Å². The highest BCUT2D eigenvalue weighted by atomic mass is 35.5. The fraction of sp³-hybridized carbons (Fsp3) is 0.200. The standard InChI is InChI=1S/C15H15ClO3S/c1-20(18,19)13-8-6-11(7-9-13)15(17)10-12-4-2-3-5-14(12)16/h2-9,15,17H,10H2,1H3. The molecule has 0 radical (unpaired) electrons. The summed E-state index contributed by atoms with van der Waals surface area (Å²) in [5.41, 5.74) is 1.52. The summed E-state index contributed by atoms with van der Waals surface area (Å²) >= 11 is 6.05. The van der Waals surface area contributed by atoms with E-state index in [4.69, 9.17) is 11.6 Å². The minimum absolute atomic E-state index is 0.242. The van der Waals surface area contributed by atoms with Crippen molar-refractivity contribution in [1.29, 1.82) is 0 Å². The van der Waals surface area contributed by atoms with Crippen LogP contribution in [0.1, 0.15) is 17.2 Å². The predicted molar refractivity (Wildman–Crippen MR) is 79.7 cm³/mol. The van der Waals surface area contributed by atoms with E-state index in [1.165, 1.54) is 12.1 Å². The highest BCUT2D eigenvalue weighted by Gasteiger charge is 2.12. The van der Waals surface area contributed by atoms with E-state index < -0.39 is 15.9 Å². The van der Waals surface area contributed by atoms with Crippen LogP contribution in [-0.4, -0.2) is 19.8 Å². The van der Waals surface area contributed by atoms with Crippen LogP contribution in [0.25, 0.3) is 0 Å². The van der Waals surface area contributed by atoms with Crippen LogP contribution in [0.5, 0.6) is 0 Å². The van der Waals surface area contributed by atoms with E-state index in [0.29, 0.717) is 17.0 Å². The van der Waals surface area contributed by atoms with Crippen LogP contribution in [-0.2, 0) is 16.3 Å². The SMILES string of the molecule is CS(=O)(=O)c1ccc(C(O)Cc2ccccc2Cl)cc1.